The van der Waals surface area contributed by atoms with Crippen molar-refractivity contribution in [3.05, 3.63) is 80.6 Å². The van der Waals surface area contributed by atoms with E-state index in [1.54, 1.807) is 30.3 Å². The van der Waals surface area contributed by atoms with Crippen molar-refractivity contribution in [1.82, 2.24) is 0 Å². The van der Waals surface area contributed by atoms with Crippen LogP contribution in [-0.2, 0) is 0 Å². The van der Waals surface area contributed by atoms with Gasteiger partial charge in [0, 0.05) is 11.1 Å². The zero-order valence-corrected chi connectivity index (χ0v) is 10.5. The van der Waals surface area contributed by atoms with E-state index in [4.69, 9.17) is 11.6 Å². The summed E-state index contributed by atoms with van der Waals surface area (Å²) in [6.45, 7) is 0. The second-order valence-electron chi connectivity index (χ2n) is 3.86. The van der Waals surface area contributed by atoms with Crippen LogP contribution in [0.2, 0.25) is 5.02 Å². The van der Waals surface area contributed by atoms with Gasteiger partial charge in [0.2, 0.25) is 0 Å². The molecule has 2 aromatic rings. The highest BCUT2D eigenvalue weighted by atomic mass is 35.5. The molecule has 0 spiro atoms. The number of nitro groups is 1. The Morgan fingerprint density at radius 2 is 1.89 bits per heavy atom. The Labute approximate surface area is 114 Å². The van der Waals surface area contributed by atoms with Gasteiger partial charge in [-0.1, -0.05) is 29.8 Å². The SMILES string of the molecule is O=[N+]([O-])/C(=C/c1cc(F)cc(Cl)c1)c1ccccc1. The van der Waals surface area contributed by atoms with Gasteiger partial charge in [-0.15, -0.1) is 0 Å². The van der Waals surface area contributed by atoms with E-state index in [1.165, 1.54) is 18.2 Å². The lowest BCUT2D eigenvalue weighted by atomic mass is 10.1. The Morgan fingerprint density at radius 3 is 2.47 bits per heavy atom. The van der Waals surface area contributed by atoms with Crippen molar-refractivity contribution in [1.29, 1.82) is 0 Å². The molecular formula is C14H9ClFNO2. The molecule has 0 aliphatic carbocycles. The van der Waals surface area contributed by atoms with Gasteiger partial charge in [-0.25, -0.2) is 4.39 Å². The third-order valence-corrected chi connectivity index (χ3v) is 2.67. The van der Waals surface area contributed by atoms with Crippen LogP contribution in [0.4, 0.5) is 4.39 Å². The van der Waals surface area contributed by atoms with Gasteiger partial charge in [0.25, 0.3) is 5.70 Å². The summed E-state index contributed by atoms with van der Waals surface area (Å²) in [7, 11) is 0. The second-order valence-corrected chi connectivity index (χ2v) is 4.29. The maximum absolute atomic E-state index is 13.2. The van der Waals surface area contributed by atoms with E-state index in [1.807, 2.05) is 0 Å². The predicted octanol–water partition coefficient (Wildman–Crippen LogP) is 4.25. The third kappa shape index (κ3) is 3.39. The standard InChI is InChI=1S/C14H9ClFNO2/c15-12-6-10(7-13(16)9-12)8-14(17(18)19)11-4-2-1-3-5-11/h1-9H/b14-8+. The van der Waals surface area contributed by atoms with Crippen molar-refractivity contribution in [2.75, 3.05) is 0 Å². The largest absolute Gasteiger partial charge is 0.277 e. The van der Waals surface area contributed by atoms with Crippen LogP contribution >= 0.6 is 11.6 Å². The van der Waals surface area contributed by atoms with Crippen molar-refractivity contribution in [2.24, 2.45) is 0 Å². The van der Waals surface area contributed by atoms with Gasteiger partial charge in [0.15, 0.2) is 0 Å². The lowest BCUT2D eigenvalue weighted by Gasteiger charge is -2.00. The van der Waals surface area contributed by atoms with E-state index >= 15 is 0 Å². The number of halogens is 2. The first-order valence-electron chi connectivity index (χ1n) is 5.44. The molecule has 96 valence electrons. The molecule has 3 nitrogen and oxygen atoms in total. The van der Waals surface area contributed by atoms with Gasteiger partial charge in [-0.2, -0.15) is 0 Å². The Bertz CT molecular complexity index is 621. The van der Waals surface area contributed by atoms with Crippen molar-refractivity contribution in [2.45, 2.75) is 0 Å². The van der Waals surface area contributed by atoms with Gasteiger partial charge in [0.1, 0.15) is 5.82 Å². The fraction of sp³-hybridized carbons (Fsp3) is 0. The zero-order valence-electron chi connectivity index (χ0n) is 9.72. The van der Waals surface area contributed by atoms with Gasteiger partial charge in [0.05, 0.1) is 10.5 Å². The molecule has 0 atom stereocenters. The molecule has 0 aliphatic heterocycles. The zero-order chi connectivity index (χ0) is 13.8. The minimum Gasteiger partial charge on any atom is -0.258 e. The van der Waals surface area contributed by atoms with Crippen molar-refractivity contribution < 1.29 is 9.31 Å². The number of hydrogen-bond donors (Lipinski definition) is 0. The van der Waals surface area contributed by atoms with Crippen molar-refractivity contribution in [3.63, 3.8) is 0 Å². The number of hydrogen-bond acceptors (Lipinski definition) is 2. The summed E-state index contributed by atoms with van der Waals surface area (Å²) < 4.78 is 13.2. The van der Waals surface area contributed by atoms with Crippen LogP contribution < -0.4 is 0 Å². The highest BCUT2D eigenvalue weighted by Gasteiger charge is 2.13. The van der Waals surface area contributed by atoms with Crippen LogP contribution in [-0.4, -0.2) is 4.92 Å². The first-order chi connectivity index (χ1) is 9.06. The number of nitrogens with zero attached hydrogens (tertiary/aromatic N) is 1. The molecule has 0 saturated carbocycles. The molecule has 0 unspecified atom stereocenters. The monoisotopic (exact) mass is 277 g/mol. The third-order valence-electron chi connectivity index (χ3n) is 2.45. The molecule has 0 amide bonds. The number of benzene rings is 2. The van der Waals surface area contributed by atoms with Crippen LogP contribution in [0.3, 0.4) is 0 Å². The Kier molecular flexibility index (Phi) is 3.92. The summed E-state index contributed by atoms with van der Waals surface area (Å²) in [5.41, 5.74) is 0.690. The van der Waals surface area contributed by atoms with E-state index in [9.17, 15) is 14.5 Å². The molecule has 19 heavy (non-hydrogen) atoms. The molecule has 5 heteroatoms. The molecule has 0 heterocycles. The fourth-order valence-electron chi connectivity index (χ4n) is 1.67. The molecule has 0 saturated heterocycles. The van der Waals surface area contributed by atoms with Crippen LogP contribution in [0.5, 0.6) is 0 Å². The van der Waals surface area contributed by atoms with Crippen LogP contribution in [0.25, 0.3) is 11.8 Å². The second kappa shape index (κ2) is 5.63. The maximum Gasteiger partial charge on any atom is 0.277 e. The average Bonchev–Trinajstić information content (AvgIpc) is 2.35. The highest BCUT2D eigenvalue weighted by Crippen LogP contribution is 2.21. The first kappa shape index (κ1) is 13.2. The number of rotatable bonds is 3. The van der Waals surface area contributed by atoms with Gasteiger partial charge in [-0.05, 0) is 35.9 Å². The van der Waals surface area contributed by atoms with Gasteiger partial charge < -0.3 is 0 Å². The summed E-state index contributed by atoms with van der Waals surface area (Å²) in [6.07, 6.45) is 1.30. The maximum atomic E-state index is 13.2. The highest BCUT2D eigenvalue weighted by molar-refractivity contribution is 6.30. The minimum atomic E-state index is -0.533. The Balaban J connectivity index is 2.50. The molecule has 2 rings (SSSR count). The normalized spacial score (nSPS) is 11.4. The molecule has 0 radical (unpaired) electrons. The van der Waals surface area contributed by atoms with E-state index in [-0.39, 0.29) is 10.7 Å². The summed E-state index contributed by atoms with van der Waals surface area (Å²) >= 11 is 5.72. The Hall–Kier alpha value is -2.20. The van der Waals surface area contributed by atoms with E-state index in [2.05, 4.69) is 0 Å². The van der Waals surface area contributed by atoms with Crippen LogP contribution in [0, 0.1) is 15.9 Å². The lowest BCUT2D eigenvalue weighted by molar-refractivity contribution is -0.374. The van der Waals surface area contributed by atoms with Crippen LogP contribution in [0.15, 0.2) is 48.5 Å². The molecular weight excluding hydrogens is 269 g/mol. The van der Waals surface area contributed by atoms with Crippen molar-refractivity contribution in [3.8, 4) is 0 Å². The molecule has 0 fully saturated rings. The first-order valence-corrected chi connectivity index (χ1v) is 5.81. The molecule has 0 bridgehead atoms. The molecule has 2 aromatic carbocycles. The molecule has 0 aliphatic rings. The van der Waals surface area contributed by atoms with E-state index in [0.29, 0.717) is 11.1 Å². The predicted molar refractivity (Wildman–Crippen MR) is 72.7 cm³/mol. The molecule has 0 N–H and O–H groups in total. The lowest BCUT2D eigenvalue weighted by Crippen LogP contribution is -1.97. The Morgan fingerprint density at radius 1 is 1.21 bits per heavy atom. The van der Waals surface area contributed by atoms with Gasteiger partial charge >= 0.3 is 0 Å². The summed E-state index contributed by atoms with van der Waals surface area (Å²) in [4.78, 5) is 10.6. The summed E-state index contributed by atoms with van der Waals surface area (Å²) in [5.74, 6) is -0.533. The fourth-order valence-corrected chi connectivity index (χ4v) is 1.90. The smallest absolute Gasteiger partial charge is 0.258 e. The molecule has 0 aromatic heterocycles. The van der Waals surface area contributed by atoms with Gasteiger partial charge in [-0.3, -0.25) is 10.1 Å². The minimum absolute atomic E-state index is 0.109. The average molecular weight is 278 g/mol. The van der Waals surface area contributed by atoms with Crippen molar-refractivity contribution >= 4 is 23.4 Å². The quantitative estimate of drug-likeness (QED) is 0.478. The van der Waals surface area contributed by atoms with E-state index in [0.717, 1.165) is 6.07 Å². The topological polar surface area (TPSA) is 43.1 Å². The van der Waals surface area contributed by atoms with Crippen LogP contribution in [0.1, 0.15) is 11.1 Å². The summed E-state index contributed by atoms with van der Waals surface area (Å²) in [5, 5.41) is 11.3. The van der Waals surface area contributed by atoms with E-state index < -0.39 is 10.7 Å². The summed E-state index contributed by atoms with van der Waals surface area (Å²) in [6, 6.07) is 12.2.